The lowest BCUT2D eigenvalue weighted by molar-refractivity contribution is -0.125. The molecule has 0 fully saturated rings. The average Bonchev–Trinajstić information content (AvgIpc) is 2.18. The molecule has 1 N–H and O–H groups in total. The second-order valence-electron chi connectivity index (χ2n) is 4.57. The van der Waals surface area contributed by atoms with Crippen LogP contribution in [0.25, 0.3) is 0 Å². The molecule has 0 unspecified atom stereocenters. The van der Waals surface area contributed by atoms with Gasteiger partial charge in [0, 0.05) is 4.47 Å². The summed E-state index contributed by atoms with van der Waals surface area (Å²) in [5.74, 6) is -0.218. The van der Waals surface area contributed by atoms with Crippen molar-refractivity contribution < 1.29 is 9.53 Å². The van der Waals surface area contributed by atoms with Crippen molar-refractivity contribution in [2.24, 2.45) is 0 Å². The Kier molecular flexibility index (Phi) is 4.98. The molecule has 17 heavy (non-hydrogen) atoms. The highest BCUT2D eigenvalue weighted by atomic mass is 79.9. The quantitative estimate of drug-likeness (QED) is 0.918. The van der Waals surface area contributed by atoms with Crippen LogP contribution >= 0.6 is 27.5 Å². The Hall–Kier alpha value is -0.580. The normalized spacial score (nSPS) is 11.4. The van der Waals surface area contributed by atoms with E-state index in [1.54, 1.807) is 12.1 Å². The minimum absolute atomic E-state index is 0.00981. The van der Waals surface area contributed by atoms with Crippen LogP contribution in [0.2, 0.25) is 5.02 Å². The van der Waals surface area contributed by atoms with Crippen molar-refractivity contribution in [3.63, 3.8) is 0 Å². The van der Waals surface area contributed by atoms with Gasteiger partial charge in [0.1, 0.15) is 6.61 Å². The summed E-state index contributed by atoms with van der Waals surface area (Å²) in [5, 5.41) is 3.18. The second-order valence-corrected chi connectivity index (χ2v) is 5.90. The number of carbonyl (C=O) groups is 1. The van der Waals surface area contributed by atoms with Crippen LogP contribution in [0.1, 0.15) is 20.8 Å². The molecule has 1 aromatic rings. The van der Waals surface area contributed by atoms with E-state index < -0.39 is 0 Å². The van der Waals surface area contributed by atoms with Gasteiger partial charge in [0.2, 0.25) is 5.91 Å². The zero-order valence-corrected chi connectivity index (χ0v) is 12.4. The Morgan fingerprint density at radius 1 is 1.47 bits per heavy atom. The van der Waals surface area contributed by atoms with Gasteiger partial charge in [-0.1, -0.05) is 27.5 Å². The second kappa shape index (κ2) is 5.85. The summed E-state index contributed by atoms with van der Waals surface area (Å²) in [6, 6.07) is 5.27. The zero-order chi connectivity index (χ0) is 13.1. The van der Waals surface area contributed by atoms with E-state index in [1.807, 2.05) is 26.8 Å². The van der Waals surface area contributed by atoms with Crippen molar-refractivity contribution in [1.82, 2.24) is 0 Å². The van der Waals surface area contributed by atoms with Gasteiger partial charge in [-0.2, -0.15) is 0 Å². The SMILES string of the molecule is CC(C)(C)OCC(=O)Nc1ccc(Br)cc1Cl. The van der Waals surface area contributed by atoms with Crippen LogP contribution < -0.4 is 5.32 Å². The minimum atomic E-state index is -0.332. The number of anilines is 1. The molecule has 0 aliphatic carbocycles. The van der Waals surface area contributed by atoms with Crippen LogP contribution in [0.5, 0.6) is 0 Å². The Labute approximate surface area is 115 Å². The molecule has 1 amide bonds. The van der Waals surface area contributed by atoms with Gasteiger partial charge in [-0.25, -0.2) is 0 Å². The fraction of sp³-hybridized carbons (Fsp3) is 0.417. The Balaban J connectivity index is 2.57. The number of rotatable bonds is 3. The fourth-order valence-electron chi connectivity index (χ4n) is 1.06. The highest BCUT2D eigenvalue weighted by Gasteiger charge is 2.13. The lowest BCUT2D eigenvalue weighted by atomic mass is 10.2. The zero-order valence-electron chi connectivity index (χ0n) is 10.0. The van der Waals surface area contributed by atoms with Crippen LogP contribution in [0.15, 0.2) is 22.7 Å². The molecule has 0 spiro atoms. The number of benzene rings is 1. The predicted octanol–water partition coefficient (Wildman–Crippen LogP) is 3.86. The molecule has 0 aliphatic heterocycles. The molecule has 0 aliphatic rings. The maximum atomic E-state index is 11.6. The number of hydrogen-bond donors (Lipinski definition) is 1. The highest BCUT2D eigenvalue weighted by molar-refractivity contribution is 9.10. The third-order valence-electron chi connectivity index (χ3n) is 1.84. The van der Waals surface area contributed by atoms with Crippen LogP contribution in [0.3, 0.4) is 0 Å². The highest BCUT2D eigenvalue weighted by Crippen LogP contribution is 2.25. The number of carbonyl (C=O) groups excluding carboxylic acids is 1. The lowest BCUT2D eigenvalue weighted by Crippen LogP contribution is -2.27. The van der Waals surface area contributed by atoms with Crippen molar-refractivity contribution in [2.75, 3.05) is 11.9 Å². The first-order valence-electron chi connectivity index (χ1n) is 5.17. The Bertz CT molecular complexity index is 415. The van der Waals surface area contributed by atoms with Gasteiger partial charge in [-0.05, 0) is 39.0 Å². The summed E-state index contributed by atoms with van der Waals surface area (Å²) >= 11 is 9.28. The first-order chi connectivity index (χ1) is 7.78. The van der Waals surface area contributed by atoms with E-state index in [9.17, 15) is 4.79 Å². The van der Waals surface area contributed by atoms with Crippen LogP contribution in [-0.2, 0) is 9.53 Å². The van der Waals surface area contributed by atoms with Crippen LogP contribution in [-0.4, -0.2) is 18.1 Å². The van der Waals surface area contributed by atoms with Crippen molar-refractivity contribution >= 4 is 39.1 Å². The molecule has 0 aromatic heterocycles. The topological polar surface area (TPSA) is 38.3 Å². The molecular weight excluding hydrogens is 305 g/mol. The molecule has 1 rings (SSSR count). The van der Waals surface area contributed by atoms with E-state index in [1.165, 1.54) is 0 Å². The summed E-state index contributed by atoms with van der Waals surface area (Å²) in [6.45, 7) is 5.70. The first kappa shape index (κ1) is 14.5. The molecular formula is C12H15BrClNO2. The molecule has 0 saturated carbocycles. The maximum Gasteiger partial charge on any atom is 0.250 e. The van der Waals surface area contributed by atoms with Gasteiger partial charge in [0.15, 0.2) is 0 Å². The van der Waals surface area contributed by atoms with Crippen molar-refractivity contribution in [3.8, 4) is 0 Å². The average molecular weight is 321 g/mol. The summed E-state index contributed by atoms with van der Waals surface area (Å²) < 4.78 is 6.23. The smallest absolute Gasteiger partial charge is 0.250 e. The van der Waals surface area contributed by atoms with Gasteiger partial charge < -0.3 is 10.1 Å². The molecule has 0 heterocycles. The monoisotopic (exact) mass is 319 g/mol. The van der Waals surface area contributed by atoms with E-state index in [0.717, 1.165) is 4.47 Å². The van der Waals surface area contributed by atoms with Crippen LogP contribution in [0, 0.1) is 0 Å². The van der Waals surface area contributed by atoms with E-state index in [2.05, 4.69) is 21.2 Å². The molecule has 94 valence electrons. The molecule has 0 bridgehead atoms. The van der Waals surface area contributed by atoms with Gasteiger partial charge >= 0.3 is 0 Å². The van der Waals surface area contributed by atoms with Crippen LogP contribution in [0.4, 0.5) is 5.69 Å². The number of nitrogens with one attached hydrogen (secondary N) is 1. The van der Waals surface area contributed by atoms with Gasteiger partial charge in [-0.3, -0.25) is 4.79 Å². The van der Waals surface area contributed by atoms with Crippen molar-refractivity contribution in [1.29, 1.82) is 0 Å². The molecule has 0 atom stereocenters. The lowest BCUT2D eigenvalue weighted by Gasteiger charge is -2.19. The maximum absolute atomic E-state index is 11.6. The minimum Gasteiger partial charge on any atom is -0.366 e. The Morgan fingerprint density at radius 3 is 2.65 bits per heavy atom. The molecule has 0 saturated heterocycles. The third kappa shape index (κ3) is 5.52. The van der Waals surface area contributed by atoms with Gasteiger partial charge in [0.05, 0.1) is 16.3 Å². The van der Waals surface area contributed by atoms with Crippen molar-refractivity contribution in [3.05, 3.63) is 27.7 Å². The van der Waals surface area contributed by atoms with Crippen molar-refractivity contribution in [2.45, 2.75) is 26.4 Å². The van der Waals surface area contributed by atoms with E-state index in [4.69, 9.17) is 16.3 Å². The van der Waals surface area contributed by atoms with Gasteiger partial charge in [0.25, 0.3) is 0 Å². The summed E-state index contributed by atoms with van der Waals surface area (Å²) in [5.41, 5.74) is 0.248. The number of halogens is 2. The summed E-state index contributed by atoms with van der Waals surface area (Å²) in [6.07, 6.45) is 0. The Morgan fingerprint density at radius 2 is 2.12 bits per heavy atom. The number of amides is 1. The van der Waals surface area contributed by atoms with E-state index in [0.29, 0.717) is 10.7 Å². The van der Waals surface area contributed by atoms with Gasteiger partial charge in [-0.15, -0.1) is 0 Å². The summed E-state index contributed by atoms with van der Waals surface area (Å²) in [7, 11) is 0. The van der Waals surface area contributed by atoms with E-state index >= 15 is 0 Å². The molecule has 1 aromatic carbocycles. The number of ether oxygens (including phenoxy) is 1. The molecule has 5 heteroatoms. The molecule has 3 nitrogen and oxygen atoms in total. The molecule has 0 radical (unpaired) electrons. The summed E-state index contributed by atoms with van der Waals surface area (Å²) in [4.78, 5) is 11.6. The van der Waals surface area contributed by atoms with E-state index in [-0.39, 0.29) is 18.1 Å². The number of hydrogen-bond acceptors (Lipinski definition) is 2. The first-order valence-corrected chi connectivity index (χ1v) is 6.34. The fourth-order valence-corrected chi connectivity index (χ4v) is 1.78. The predicted molar refractivity (Wildman–Crippen MR) is 73.5 cm³/mol. The third-order valence-corrected chi connectivity index (χ3v) is 2.65. The largest absolute Gasteiger partial charge is 0.366 e. The standard InChI is InChI=1S/C12H15BrClNO2/c1-12(2,3)17-7-11(16)15-10-5-4-8(13)6-9(10)14/h4-6H,7H2,1-3H3,(H,15,16).